The molecule has 2 rings (SSSR count). The third-order valence-electron chi connectivity index (χ3n) is 3.82. The molecule has 3 N–H and O–H groups in total. The number of aliphatic hydroxyl groups is 1. The van der Waals surface area contributed by atoms with Gasteiger partial charge < -0.3 is 10.2 Å². The molecule has 0 amide bonds. The molecule has 1 aromatic carbocycles. The summed E-state index contributed by atoms with van der Waals surface area (Å²) in [6.45, 7) is -0.0106. The molecule has 1 aliphatic rings. The van der Waals surface area contributed by atoms with Crippen molar-refractivity contribution in [2.45, 2.75) is 37.7 Å². The Labute approximate surface area is 123 Å². The molecule has 2 unspecified atom stereocenters. The molecule has 0 bridgehead atoms. The standard InChI is InChI=1S/C14H19NO5S/c16-9-11-4-1-3-10(7-11)8-15-21(19,20)13-6-2-5-12(13)14(17)18/h1,3-4,7,12-13,15-16H,2,5-6,8-9H2,(H,17,18). The highest BCUT2D eigenvalue weighted by molar-refractivity contribution is 7.90. The zero-order chi connectivity index (χ0) is 15.5. The molecule has 21 heavy (non-hydrogen) atoms. The first-order chi connectivity index (χ1) is 9.94. The van der Waals surface area contributed by atoms with Crippen molar-refractivity contribution < 1.29 is 23.4 Å². The van der Waals surface area contributed by atoms with Crippen LogP contribution in [-0.2, 0) is 28.0 Å². The maximum absolute atomic E-state index is 12.3. The van der Waals surface area contributed by atoms with Gasteiger partial charge in [0.15, 0.2) is 0 Å². The number of aliphatic hydroxyl groups excluding tert-OH is 1. The van der Waals surface area contributed by atoms with Gasteiger partial charge in [-0.25, -0.2) is 13.1 Å². The van der Waals surface area contributed by atoms with Crippen molar-refractivity contribution >= 4 is 16.0 Å². The fourth-order valence-electron chi connectivity index (χ4n) is 2.71. The highest BCUT2D eigenvalue weighted by Crippen LogP contribution is 2.31. The van der Waals surface area contributed by atoms with Crippen LogP contribution in [0.25, 0.3) is 0 Å². The molecule has 1 saturated carbocycles. The van der Waals surface area contributed by atoms with Crippen molar-refractivity contribution in [2.75, 3.05) is 0 Å². The van der Waals surface area contributed by atoms with E-state index in [2.05, 4.69) is 4.72 Å². The highest BCUT2D eigenvalue weighted by Gasteiger charge is 2.41. The molecule has 2 atom stereocenters. The summed E-state index contributed by atoms with van der Waals surface area (Å²) in [5.74, 6) is -1.88. The maximum Gasteiger partial charge on any atom is 0.307 e. The molecule has 0 spiro atoms. The summed E-state index contributed by atoms with van der Waals surface area (Å²) in [5, 5.41) is 17.3. The molecule has 1 fully saturated rings. The van der Waals surface area contributed by atoms with Gasteiger partial charge in [0.05, 0.1) is 17.8 Å². The summed E-state index contributed by atoms with van der Waals surface area (Å²) in [7, 11) is -3.67. The lowest BCUT2D eigenvalue weighted by atomic mass is 10.1. The Morgan fingerprint density at radius 1 is 1.29 bits per heavy atom. The Morgan fingerprint density at radius 3 is 2.67 bits per heavy atom. The van der Waals surface area contributed by atoms with E-state index >= 15 is 0 Å². The minimum atomic E-state index is -3.67. The molecule has 6 nitrogen and oxygen atoms in total. The van der Waals surface area contributed by atoms with E-state index in [0.717, 1.165) is 5.56 Å². The van der Waals surface area contributed by atoms with Gasteiger partial charge in [-0.05, 0) is 24.0 Å². The Balaban J connectivity index is 2.05. The lowest BCUT2D eigenvalue weighted by molar-refractivity contribution is -0.141. The number of hydrogen-bond acceptors (Lipinski definition) is 4. The van der Waals surface area contributed by atoms with E-state index in [1.54, 1.807) is 24.3 Å². The smallest absolute Gasteiger partial charge is 0.307 e. The van der Waals surface area contributed by atoms with Gasteiger partial charge in [-0.3, -0.25) is 4.79 Å². The molecule has 1 aromatic rings. The van der Waals surface area contributed by atoms with Crippen LogP contribution in [0.3, 0.4) is 0 Å². The summed E-state index contributed by atoms with van der Waals surface area (Å²) in [6, 6.07) is 6.96. The normalized spacial score (nSPS) is 22.3. The Hall–Kier alpha value is -1.44. The quantitative estimate of drug-likeness (QED) is 0.722. The second kappa shape index (κ2) is 6.55. The van der Waals surface area contributed by atoms with Crippen molar-refractivity contribution in [1.29, 1.82) is 0 Å². The monoisotopic (exact) mass is 313 g/mol. The van der Waals surface area contributed by atoms with E-state index in [1.807, 2.05) is 0 Å². The van der Waals surface area contributed by atoms with Crippen LogP contribution >= 0.6 is 0 Å². The summed E-state index contributed by atoms with van der Waals surface area (Å²) >= 11 is 0. The van der Waals surface area contributed by atoms with E-state index in [9.17, 15) is 13.2 Å². The van der Waals surface area contributed by atoms with Crippen molar-refractivity contribution in [1.82, 2.24) is 4.72 Å². The number of sulfonamides is 1. The predicted molar refractivity (Wildman–Crippen MR) is 76.9 cm³/mol. The molecule has 0 saturated heterocycles. The third kappa shape index (κ3) is 3.81. The SMILES string of the molecule is O=C(O)C1CCCC1S(=O)(=O)NCc1cccc(CO)c1. The van der Waals surface area contributed by atoms with E-state index in [-0.39, 0.29) is 13.2 Å². The number of carboxylic acids is 1. The molecule has 0 radical (unpaired) electrons. The minimum absolute atomic E-state index is 0.0962. The first kappa shape index (κ1) is 15.9. The van der Waals surface area contributed by atoms with Gasteiger partial charge in [0, 0.05) is 6.54 Å². The number of carbonyl (C=O) groups is 1. The summed E-state index contributed by atoms with van der Waals surface area (Å²) in [5.41, 5.74) is 1.44. The van der Waals surface area contributed by atoms with Gasteiger partial charge in [-0.15, -0.1) is 0 Å². The second-order valence-electron chi connectivity index (χ2n) is 5.26. The van der Waals surface area contributed by atoms with Gasteiger partial charge >= 0.3 is 5.97 Å². The molecule has 0 aromatic heterocycles. The van der Waals surface area contributed by atoms with Crippen molar-refractivity contribution in [3.8, 4) is 0 Å². The summed E-state index contributed by atoms with van der Waals surface area (Å²) in [6.07, 6.45) is 1.40. The molecule has 7 heteroatoms. The van der Waals surface area contributed by atoms with Crippen LogP contribution in [0, 0.1) is 5.92 Å². The average Bonchev–Trinajstić information content (AvgIpc) is 2.96. The van der Waals surface area contributed by atoms with E-state index in [0.29, 0.717) is 24.8 Å². The fraction of sp³-hybridized carbons (Fsp3) is 0.500. The lowest BCUT2D eigenvalue weighted by Crippen LogP contribution is -2.38. The average molecular weight is 313 g/mol. The van der Waals surface area contributed by atoms with Crippen LogP contribution < -0.4 is 4.72 Å². The van der Waals surface area contributed by atoms with Crippen LogP contribution in [0.1, 0.15) is 30.4 Å². The van der Waals surface area contributed by atoms with Crippen LogP contribution in [-0.4, -0.2) is 29.9 Å². The number of carboxylic acid groups (broad SMARTS) is 1. The molecular formula is C14H19NO5S. The van der Waals surface area contributed by atoms with Gasteiger partial charge in [0.1, 0.15) is 0 Å². The van der Waals surface area contributed by atoms with Crippen molar-refractivity contribution in [3.05, 3.63) is 35.4 Å². The molecule has 0 heterocycles. The van der Waals surface area contributed by atoms with Crippen LogP contribution in [0.15, 0.2) is 24.3 Å². The Morgan fingerprint density at radius 2 is 2.00 bits per heavy atom. The minimum Gasteiger partial charge on any atom is -0.481 e. The number of benzene rings is 1. The van der Waals surface area contributed by atoms with E-state index in [1.165, 1.54) is 0 Å². The summed E-state index contributed by atoms with van der Waals surface area (Å²) < 4.78 is 27.0. The van der Waals surface area contributed by atoms with E-state index < -0.39 is 27.2 Å². The van der Waals surface area contributed by atoms with Crippen LogP contribution in [0.2, 0.25) is 0 Å². The first-order valence-electron chi connectivity index (χ1n) is 6.84. The van der Waals surface area contributed by atoms with Crippen molar-refractivity contribution in [2.24, 2.45) is 5.92 Å². The molecule has 0 aliphatic heterocycles. The van der Waals surface area contributed by atoms with Gasteiger partial charge in [0.2, 0.25) is 10.0 Å². The number of nitrogens with one attached hydrogen (secondary N) is 1. The molecule has 1 aliphatic carbocycles. The van der Waals surface area contributed by atoms with Gasteiger partial charge in [-0.2, -0.15) is 0 Å². The zero-order valence-corrected chi connectivity index (χ0v) is 12.3. The predicted octanol–water partition coefficient (Wildman–Crippen LogP) is 0.852. The molecular weight excluding hydrogens is 294 g/mol. The highest BCUT2D eigenvalue weighted by atomic mass is 32.2. The second-order valence-corrected chi connectivity index (χ2v) is 7.24. The maximum atomic E-state index is 12.3. The topological polar surface area (TPSA) is 104 Å². The fourth-order valence-corrected chi connectivity index (χ4v) is 4.45. The number of rotatable bonds is 6. The number of aliphatic carboxylic acids is 1. The first-order valence-corrected chi connectivity index (χ1v) is 8.38. The Bertz CT molecular complexity index is 614. The molecule has 116 valence electrons. The van der Waals surface area contributed by atoms with Crippen molar-refractivity contribution in [3.63, 3.8) is 0 Å². The van der Waals surface area contributed by atoms with E-state index in [4.69, 9.17) is 10.2 Å². The van der Waals surface area contributed by atoms with Gasteiger partial charge in [0.25, 0.3) is 0 Å². The third-order valence-corrected chi connectivity index (χ3v) is 5.73. The van der Waals surface area contributed by atoms with Crippen LogP contribution in [0.4, 0.5) is 0 Å². The van der Waals surface area contributed by atoms with Crippen LogP contribution in [0.5, 0.6) is 0 Å². The largest absolute Gasteiger partial charge is 0.481 e. The lowest BCUT2D eigenvalue weighted by Gasteiger charge is -2.17. The Kier molecular flexibility index (Phi) is 4.97. The number of hydrogen-bond donors (Lipinski definition) is 3. The van der Waals surface area contributed by atoms with Gasteiger partial charge in [-0.1, -0.05) is 30.7 Å². The zero-order valence-electron chi connectivity index (χ0n) is 11.5. The summed E-state index contributed by atoms with van der Waals surface area (Å²) in [4.78, 5) is 11.1.